The van der Waals surface area contributed by atoms with Crippen molar-refractivity contribution >= 4 is 67.8 Å². The highest BCUT2D eigenvalue weighted by atomic mass is 79.9. The van der Waals surface area contributed by atoms with E-state index in [2.05, 4.69) is 36.8 Å². The number of hydrogen-bond acceptors (Lipinski definition) is 6. The Balaban J connectivity index is 1.62. The van der Waals surface area contributed by atoms with E-state index in [0.717, 1.165) is 15.7 Å². The maximum Gasteiger partial charge on any atom is 0.238 e. The van der Waals surface area contributed by atoms with Crippen molar-refractivity contribution in [3.63, 3.8) is 0 Å². The van der Waals surface area contributed by atoms with Gasteiger partial charge in [0.15, 0.2) is 5.17 Å². The lowest BCUT2D eigenvalue weighted by molar-refractivity contribution is -0.123. The Bertz CT molecular complexity index is 1060. The molecule has 1 fully saturated rings. The van der Waals surface area contributed by atoms with E-state index >= 15 is 0 Å². The molecule has 1 aliphatic heterocycles. The molecule has 166 valence electrons. The Morgan fingerprint density at radius 2 is 1.88 bits per heavy atom. The van der Waals surface area contributed by atoms with Gasteiger partial charge < -0.3 is 15.5 Å². The minimum absolute atomic E-state index is 0.0809. The molecule has 0 aliphatic carbocycles. The first-order valence-corrected chi connectivity index (χ1v) is 11.6. The number of benzene rings is 2. The van der Waals surface area contributed by atoms with Crippen molar-refractivity contribution in [2.75, 3.05) is 24.3 Å². The minimum atomic E-state index is -0.576. The van der Waals surface area contributed by atoms with Gasteiger partial charge in [0.25, 0.3) is 0 Å². The summed E-state index contributed by atoms with van der Waals surface area (Å²) in [5.41, 5.74) is 3.51. The van der Waals surface area contributed by atoms with Crippen molar-refractivity contribution in [2.24, 2.45) is 10.2 Å². The standard InChI is InChI=1S/C23H24BrN5O2S/c1-15(4-5-16-6-12-19(13-7-16)29(2)3)27-28-23-26-21(30)14-20(32-23)22(31)25-18-10-8-17(24)9-11-18/h4-13,20H,14H2,1-3H3,(H,25,31)(H,26,28,30)/b5-4+,27-15-/t20-/m0/s1. The van der Waals surface area contributed by atoms with Gasteiger partial charge >= 0.3 is 0 Å². The van der Waals surface area contributed by atoms with Gasteiger partial charge in [-0.15, -0.1) is 5.10 Å². The van der Waals surface area contributed by atoms with Crippen LogP contribution in [-0.4, -0.2) is 42.0 Å². The fourth-order valence-corrected chi connectivity index (χ4v) is 3.95. The number of halogens is 1. The number of rotatable bonds is 6. The number of anilines is 2. The zero-order chi connectivity index (χ0) is 23.1. The van der Waals surface area contributed by atoms with Gasteiger partial charge in [0, 0.05) is 36.4 Å². The zero-order valence-electron chi connectivity index (χ0n) is 18.0. The molecule has 2 amide bonds. The van der Waals surface area contributed by atoms with E-state index in [1.807, 2.05) is 74.5 Å². The molecule has 3 rings (SSSR count). The lowest BCUT2D eigenvalue weighted by Crippen LogP contribution is -2.41. The maximum absolute atomic E-state index is 12.6. The van der Waals surface area contributed by atoms with E-state index in [-0.39, 0.29) is 18.2 Å². The molecule has 0 spiro atoms. The molecule has 0 radical (unpaired) electrons. The molecule has 1 atom stereocenters. The van der Waals surface area contributed by atoms with E-state index in [4.69, 9.17) is 0 Å². The molecule has 1 heterocycles. The van der Waals surface area contributed by atoms with Crippen molar-refractivity contribution < 1.29 is 9.59 Å². The first-order valence-electron chi connectivity index (χ1n) is 9.91. The van der Waals surface area contributed by atoms with E-state index in [1.165, 1.54) is 11.8 Å². The molecule has 2 N–H and O–H groups in total. The molecule has 2 aromatic rings. The van der Waals surface area contributed by atoms with Gasteiger partial charge in [-0.2, -0.15) is 5.10 Å². The second-order valence-corrected chi connectivity index (χ2v) is 9.43. The molecule has 0 aromatic heterocycles. The topological polar surface area (TPSA) is 86.2 Å². The summed E-state index contributed by atoms with van der Waals surface area (Å²) in [6.45, 7) is 1.82. The van der Waals surface area contributed by atoms with E-state index in [9.17, 15) is 9.59 Å². The van der Waals surface area contributed by atoms with Crippen molar-refractivity contribution in [1.29, 1.82) is 0 Å². The number of thioether (sulfide) groups is 1. The van der Waals surface area contributed by atoms with Gasteiger partial charge in [0.1, 0.15) is 5.25 Å². The fraction of sp³-hybridized carbons (Fsp3) is 0.217. The van der Waals surface area contributed by atoms with Crippen molar-refractivity contribution in [3.8, 4) is 0 Å². The summed E-state index contributed by atoms with van der Waals surface area (Å²) < 4.78 is 0.921. The van der Waals surface area contributed by atoms with E-state index < -0.39 is 5.25 Å². The highest BCUT2D eigenvalue weighted by molar-refractivity contribution is 9.10. The molecule has 9 heteroatoms. The second-order valence-electron chi connectivity index (χ2n) is 7.32. The fourth-order valence-electron chi connectivity index (χ4n) is 2.75. The summed E-state index contributed by atoms with van der Waals surface area (Å²) in [6, 6.07) is 15.4. The van der Waals surface area contributed by atoms with Crippen LogP contribution in [0, 0.1) is 0 Å². The molecule has 0 unspecified atom stereocenters. The highest BCUT2D eigenvalue weighted by Crippen LogP contribution is 2.23. The zero-order valence-corrected chi connectivity index (χ0v) is 20.4. The van der Waals surface area contributed by atoms with Crippen LogP contribution in [0.25, 0.3) is 6.08 Å². The molecular weight excluding hydrogens is 490 g/mol. The number of hydrogen-bond donors (Lipinski definition) is 2. The van der Waals surface area contributed by atoms with Crippen LogP contribution < -0.4 is 15.5 Å². The quantitative estimate of drug-likeness (QED) is 0.439. The lowest BCUT2D eigenvalue weighted by Gasteiger charge is -2.21. The Kier molecular flexibility index (Phi) is 8.24. The molecule has 1 saturated heterocycles. The van der Waals surface area contributed by atoms with Crippen LogP contribution in [0.5, 0.6) is 0 Å². The lowest BCUT2D eigenvalue weighted by atomic mass is 10.2. The van der Waals surface area contributed by atoms with Gasteiger partial charge in [0.2, 0.25) is 11.8 Å². The number of allylic oxidation sites excluding steroid dienone is 1. The van der Waals surface area contributed by atoms with Gasteiger partial charge in [0.05, 0.1) is 5.71 Å². The van der Waals surface area contributed by atoms with Crippen LogP contribution in [0.4, 0.5) is 11.4 Å². The van der Waals surface area contributed by atoms with Crippen molar-refractivity contribution in [1.82, 2.24) is 5.32 Å². The number of nitrogens with zero attached hydrogens (tertiary/aromatic N) is 3. The largest absolute Gasteiger partial charge is 0.378 e. The number of amidine groups is 1. The van der Waals surface area contributed by atoms with Gasteiger partial charge in [-0.25, -0.2) is 0 Å². The molecule has 2 aromatic carbocycles. The van der Waals surface area contributed by atoms with Crippen LogP contribution in [0.2, 0.25) is 0 Å². The number of amides is 2. The SMILES string of the molecule is CC(/C=C/c1ccc(N(C)C)cc1)=N/N=C1/NC(=O)C[C@@H](C(=O)Nc2ccc(Br)cc2)S1. The first kappa shape index (κ1) is 23.7. The van der Waals surface area contributed by atoms with Crippen LogP contribution in [0.1, 0.15) is 18.9 Å². The number of nitrogens with one attached hydrogen (secondary N) is 2. The van der Waals surface area contributed by atoms with Crippen molar-refractivity contribution in [3.05, 3.63) is 64.6 Å². The Morgan fingerprint density at radius 3 is 2.53 bits per heavy atom. The smallest absolute Gasteiger partial charge is 0.238 e. The summed E-state index contributed by atoms with van der Waals surface area (Å²) in [7, 11) is 4.00. The maximum atomic E-state index is 12.6. The summed E-state index contributed by atoms with van der Waals surface area (Å²) in [5, 5.41) is 13.5. The second kappa shape index (κ2) is 11.1. The van der Waals surface area contributed by atoms with Gasteiger partial charge in [-0.1, -0.05) is 45.9 Å². The summed E-state index contributed by atoms with van der Waals surface area (Å²) in [6.07, 6.45) is 3.87. The van der Waals surface area contributed by atoms with Crippen LogP contribution in [-0.2, 0) is 9.59 Å². The molecule has 0 saturated carbocycles. The summed E-state index contributed by atoms with van der Waals surface area (Å²) >= 11 is 4.55. The highest BCUT2D eigenvalue weighted by Gasteiger charge is 2.30. The van der Waals surface area contributed by atoms with E-state index in [1.54, 1.807) is 12.1 Å². The Hall–Kier alpha value is -2.91. The van der Waals surface area contributed by atoms with E-state index in [0.29, 0.717) is 16.6 Å². The minimum Gasteiger partial charge on any atom is -0.378 e. The average molecular weight is 514 g/mol. The van der Waals surface area contributed by atoms with Gasteiger partial charge in [-0.3, -0.25) is 9.59 Å². The summed E-state index contributed by atoms with van der Waals surface area (Å²) in [5.74, 6) is -0.510. The average Bonchev–Trinajstić information content (AvgIpc) is 2.77. The number of carbonyl (C=O) groups is 2. The predicted molar refractivity (Wildman–Crippen MR) is 137 cm³/mol. The molecule has 32 heavy (non-hydrogen) atoms. The summed E-state index contributed by atoms with van der Waals surface area (Å²) in [4.78, 5) is 26.7. The van der Waals surface area contributed by atoms with Crippen LogP contribution >= 0.6 is 27.7 Å². The molecule has 0 bridgehead atoms. The first-order chi connectivity index (χ1) is 15.3. The Labute approximate surface area is 200 Å². The van der Waals surface area contributed by atoms with Crippen LogP contribution in [0.3, 0.4) is 0 Å². The van der Waals surface area contributed by atoms with Crippen molar-refractivity contribution in [2.45, 2.75) is 18.6 Å². The molecular formula is C23H24BrN5O2S. The normalized spacial score (nSPS) is 18.0. The number of carbonyl (C=O) groups excluding carboxylic acids is 2. The third kappa shape index (κ3) is 7.06. The predicted octanol–water partition coefficient (Wildman–Crippen LogP) is 4.52. The third-order valence-corrected chi connectivity index (χ3v) is 6.10. The molecule has 7 nitrogen and oxygen atoms in total. The Morgan fingerprint density at radius 1 is 1.19 bits per heavy atom. The third-order valence-electron chi connectivity index (χ3n) is 4.50. The van der Waals surface area contributed by atoms with Gasteiger partial charge in [-0.05, 0) is 55.0 Å². The van der Waals surface area contributed by atoms with Crippen LogP contribution in [0.15, 0.2) is 69.3 Å². The monoisotopic (exact) mass is 513 g/mol. The molecule has 1 aliphatic rings.